The van der Waals surface area contributed by atoms with E-state index in [0.29, 0.717) is 43.7 Å². The monoisotopic (exact) mass is 495 g/mol. The normalized spacial score (nSPS) is 11.1. The van der Waals surface area contributed by atoms with E-state index in [4.69, 9.17) is 32.7 Å². The van der Waals surface area contributed by atoms with Crippen molar-refractivity contribution in [3.05, 3.63) is 82.3 Å². The molecule has 0 aliphatic rings. The summed E-state index contributed by atoms with van der Waals surface area (Å²) in [6, 6.07) is 18.6. The van der Waals surface area contributed by atoms with Crippen LogP contribution < -0.4 is 14.8 Å². The van der Waals surface area contributed by atoms with Gasteiger partial charge in [0.25, 0.3) is 5.91 Å². The molecular weight excluding hydrogens is 477 g/mol. The first kappa shape index (κ1) is 23.4. The van der Waals surface area contributed by atoms with E-state index in [9.17, 15) is 9.90 Å². The van der Waals surface area contributed by atoms with Gasteiger partial charge in [0.05, 0.1) is 30.5 Å². The van der Waals surface area contributed by atoms with Crippen LogP contribution in [0.3, 0.4) is 0 Å². The van der Waals surface area contributed by atoms with Crippen molar-refractivity contribution in [2.75, 3.05) is 19.5 Å². The van der Waals surface area contributed by atoms with Crippen LogP contribution >= 0.6 is 23.2 Å². The molecule has 0 atom stereocenters. The third-order valence-electron chi connectivity index (χ3n) is 5.06. The van der Waals surface area contributed by atoms with Gasteiger partial charge >= 0.3 is 0 Å². The number of rotatable bonds is 6. The maximum Gasteiger partial charge on any atom is 0.259 e. The fourth-order valence-corrected chi connectivity index (χ4v) is 3.67. The summed E-state index contributed by atoms with van der Waals surface area (Å²) in [6.07, 6.45) is 0. The number of fused-ring (bicyclic) bond motifs is 1. The number of hydrogen-bond donors (Lipinski definition) is 2. The number of ether oxygens (including phenoxy) is 2. The summed E-state index contributed by atoms with van der Waals surface area (Å²) < 4.78 is 10.5. The van der Waals surface area contributed by atoms with Gasteiger partial charge in [-0.25, -0.2) is 0 Å². The molecule has 0 bridgehead atoms. The number of hydrogen-bond acceptors (Lipinski definition) is 6. The fourth-order valence-electron chi connectivity index (χ4n) is 3.35. The molecule has 2 N–H and O–H groups in total. The van der Waals surface area contributed by atoms with Crippen LogP contribution in [0.25, 0.3) is 10.8 Å². The van der Waals surface area contributed by atoms with E-state index < -0.39 is 5.91 Å². The van der Waals surface area contributed by atoms with E-state index in [2.05, 4.69) is 15.5 Å². The van der Waals surface area contributed by atoms with E-state index in [1.54, 1.807) is 54.6 Å². The Kier molecular flexibility index (Phi) is 6.86. The number of halogens is 2. The molecule has 0 saturated heterocycles. The zero-order chi connectivity index (χ0) is 24.2. The average Bonchev–Trinajstić information content (AvgIpc) is 2.85. The first-order chi connectivity index (χ1) is 16.4. The Morgan fingerprint density at radius 1 is 0.941 bits per heavy atom. The van der Waals surface area contributed by atoms with Crippen molar-refractivity contribution in [1.29, 1.82) is 0 Å². The first-order valence-electron chi connectivity index (χ1n) is 10.1. The lowest BCUT2D eigenvalue weighted by Gasteiger charge is -2.14. The number of carbonyl (C=O) groups excluding carboxylic acids is 1. The van der Waals surface area contributed by atoms with Crippen LogP contribution in [-0.4, -0.2) is 25.2 Å². The minimum Gasteiger partial charge on any atom is -0.505 e. The van der Waals surface area contributed by atoms with Gasteiger partial charge in [-0.1, -0.05) is 47.5 Å². The van der Waals surface area contributed by atoms with E-state index in [1.165, 1.54) is 14.2 Å². The van der Waals surface area contributed by atoms with Gasteiger partial charge in [-0.05, 0) is 41.8 Å². The summed E-state index contributed by atoms with van der Waals surface area (Å²) in [5.74, 6) is 0.101. The van der Waals surface area contributed by atoms with Crippen molar-refractivity contribution in [3.63, 3.8) is 0 Å². The second-order valence-corrected chi connectivity index (χ2v) is 8.00. The molecule has 4 rings (SSSR count). The summed E-state index contributed by atoms with van der Waals surface area (Å²) in [5.41, 5.74) is 0.883. The molecule has 172 valence electrons. The Hall–Kier alpha value is -3.81. The number of methoxy groups -OCH3 is 2. The Bertz CT molecular complexity index is 1420. The highest BCUT2D eigenvalue weighted by atomic mass is 35.5. The maximum absolute atomic E-state index is 13.2. The molecule has 7 nitrogen and oxygen atoms in total. The largest absolute Gasteiger partial charge is 0.505 e. The minimum absolute atomic E-state index is 0.0164. The number of azo groups is 1. The smallest absolute Gasteiger partial charge is 0.259 e. The predicted octanol–water partition coefficient (Wildman–Crippen LogP) is 7.54. The van der Waals surface area contributed by atoms with Crippen molar-refractivity contribution in [3.8, 4) is 17.2 Å². The fraction of sp³-hybridized carbons (Fsp3) is 0.0800. The Balaban J connectivity index is 1.77. The molecule has 0 spiro atoms. The molecule has 0 aliphatic heterocycles. The number of amides is 1. The van der Waals surface area contributed by atoms with E-state index >= 15 is 0 Å². The quantitative estimate of drug-likeness (QED) is 0.270. The first-order valence-corrected chi connectivity index (χ1v) is 10.8. The van der Waals surface area contributed by atoms with Crippen molar-refractivity contribution in [2.45, 2.75) is 0 Å². The molecule has 0 aromatic heterocycles. The highest BCUT2D eigenvalue weighted by Gasteiger charge is 2.20. The molecule has 1 amide bonds. The van der Waals surface area contributed by atoms with Crippen LogP contribution in [0, 0.1) is 0 Å². The van der Waals surface area contributed by atoms with Crippen molar-refractivity contribution in [2.24, 2.45) is 10.2 Å². The van der Waals surface area contributed by atoms with Gasteiger partial charge in [-0.15, -0.1) is 10.2 Å². The molecule has 4 aromatic rings. The average molecular weight is 496 g/mol. The van der Waals surface area contributed by atoms with E-state index in [-0.39, 0.29) is 17.0 Å². The molecule has 9 heteroatoms. The van der Waals surface area contributed by atoms with Crippen LogP contribution in [0.5, 0.6) is 17.2 Å². The van der Waals surface area contributed by atoms with Gasteiger partial charge in [-0.2, -0.15) is 0 Å². The molecule has 0 unspecified atom stereocenters. The zero-order valence-electron chi connectivity index (χ0n) is 18.2. The summed E-state index contributed by atoms with van der Waals surface area (Å²) in [5, 5.41) is 24.3. The standard InChI is InChI=1S/C25H19Cl2N3O4/c1-33-16-8-10-20(22(13-16)34-2)28-25(32)18-11-14-5-3-4-6-17(14)23(24(18)31)30-29-21-12-15(26)7-9-19(21)27/h3-13,31H,1-2H3,(H,28,32)/b30-29+. The van der Waals surface area contributed by atoms with Crippen LogP contribution in [0.2, 0.25) is 10.0 Å². The zero-order valence-corrected chi connectivity index (χ0v) is 19.7. The molecule has 0 aliphatic carbocycles. The Labute approximate surface area is 205 Å². The number of benzene rings is 4. The number of aromatic hydroxyl groups is 1. The minimum atomic E-state index is -0.552. The lowest BCUT2D eigenvalue weighted by atomic mass is 10.0. The van der Waals surface area contributed by atoms with E-state index in [0.717, 1.165) is 0 Å². The Morgan fingerprint density at radius 2 is 1.74 bits per heavy atom. The molecule has 34 heavy (non-hydrogen) atoms. The lowest BCUT2D eigenvalue weighted by Crippen LogP contribution is -2.13. The van der Waals surface area contributed by atoms with Gasteiger partial charge < -0.3 is 19.9 Å². The molecule has 4 aromatic carbocycles. The van der Waals surface area contributed by atoms with Crippen LogP contribution in [0.15, 0.2) is 77.0 Å². The van der Waals surface area contributed by atoms with Gasteiger partial charge in [0.15, 0.2) is 5.75 Å². The summed E-state index contributed by atoms with van der Waals surface area (Å²) in [4.78, 5) is 13.2. The molecule has 0 saturated carbocycles. The summed E-state index contributed by atoms with van der Waals surface area (Å²) >= 11 is 12.2. The molecular formula is C25H19Cl2N3O4. The highest BCUT2D eigenvalue weighted by molar-refractivity contribution is 6.35. The molecule has 0 heterocycles. The van der Waals surface area contributed by atoms with Crippen molar-refractivity contribution >= 4 is 56.9 Å². The predicted molar refractivity (Wildman–Crippen MR) is 134 cm³/mol. The Morgan fingerprint density at radius 3 is 2.50 bits per heavy atom. The third-order valence-corrected chi connectivity index (χ3v) is 5.62. The topological polar surface area (TPSA) is 92.5 Å². The maximum atomic E-state index is 13.2. The van der Waals surface area contributed by atoms with Gasteiger partial charge in [0.2, 0.25) is 0 Å². The molecule has 0 fully saturated rings. The number of phenolic OH excluding ortho intramolecular Hbond substituents is 1. The van der Waals surface area contributed by atoms with Gasteiger partial charge in [0.1, 0.15) is 22.9 Å². The van der Waals surface area contributed by atoms with Crippen LogP contribution in [0.1, 0.15) is 10.4 Å². The van der Waals surface area contributed by atoms with Crippen molar-refractivity contribution < 1.29 is 19.4 Å². The van der Waals surface area contributed by atoms with Gasteiger partial charge in [-0.3, -0.25) is 4.79 Å². The number of carbonyl (C=O) groups is 1. The van der Waals surface area contributed by atoms with Crippen LogP contribution in [0.4, 0.5) is 17.1 Å². The van der Waals surface area contributed by atoms with E-state index in [1.807, 2.05) is 12.1 Å². The number of anilines is 1. The van der Waals surface area contributed by atoms with Gasteiger partial charge in [0, 0.05) is 16.5 Å². The summed E-state index contributed by atoms with van der Waals surface area (Å²) in [6.45, 7) is 0. The molecule has 0 radical (unpaired) electrons. The highest BCUT2D eigenvalue weighted by Crippen LogP contribution is 2.41. The third kappa shape index (κ3) is 4.76. The SMILES string of the molecule is COc1ccc(NC(=O)c2cc3ccccc3c(/N=N/c3cc(Cl)ccc3Cl)c2O)c(OC)c1. The van der Waals surface area contributed by atoms with Crippen LogP contribution in [-0.2, 0) is 0 Å². The van der Waals surface area contributed by atoms with Crippen molar-refractivity contribution in [1.82, 2.24) is 0 Å². The number of phenols is 1. The second kappa shape index (κ2) is 9.99. The lowest BCUT2D eigenvalue weighted by molar-refractivity contribution is 0.102. The number of nitrogens with one attached hydrogen (secondary N) is 1. The number of nitrogens with zero attached hydrogens (tertiary/aromatic N) is 2. The second-order valence-electron chi connectivity index (χ2n) is 7.16. The summed E-state index contributed by atoms with van der Waals surface area (Å²) in [7, 11) is 3.02.